The van der Waals surface area contributed by atoms with Crippen LogP contribution in [-0.2, 0) is 0 Å². The third kappa shape index (κ3) is 3.19. The standard InChI is InChI=1S/C16H18Cl2N4/c1-10-7-22(8-11(2)21-10)15-6-19-9-20-16(15)13-4-3-12(17)5-14(13)18/h3-6,9-11,21H,7-8H2,1-2H3. The van der Waals surface area contributed by atoms with Crippen molar-refractivity contribution in [2.45, 2.75) is 25.9 Å². The second-order valence-corrected chi connectivity index (χ2v) is 6.60. The van der Waals surface area contributed by atoms with Gasteiger partial charge in [-0.1, -0.05) is 23.2 Å². The summed E-state index contributed by atoms with van der Waals surface area (Å²) in [6, 6.07) is 6.31. The SMILES string of the molecule is CC1CN(c2cncnc2-c2ccc(Cl)cc2Cl)CC(C)N1. The molecule has 1 aliphatic heterocycles. The number of rotatable bonds is 2. The quantitative estimate of drug-likeness (QED) is 0.908. The van der Waals surface area contributed by atoms with Crippen LogP contribution < -0.4 is 10.2 Å². The molecule has 6 heteroatoms. The summed E-state index contributed by atoms with van der Waals surface area (Å²) in [4.78, 5) is 11.0. The Kier molecular flexibility index (Phi) is 4.52. The summed E-state index contributed by atoms with van der Waals surface area (Å²) in [6.45, 7) is 6.19. The summed E-state index contributed by atoms with van der Waals surface area (Å²) in [7, 11) is 0. The highest BCUT2D eigenvalue weighted by Gasteiger charge is 2.24. The first-order valence-electron chi connectivity index (χ1n) is 7.31. The Morgan fingerprint density at radius 3 is 2.59 bits per heavy atom. The van der Waals surface area contributed by atoms with Crippen LogP contribution in [0.15, 0.2) is 30.7 Å². The average molecular weight is 337 g/mol. The van der Waals surface area contributed by atoms with Gasteiger partial charge in [-0.2, -0.15) is 0 Å². The van der Waals surface area contributed by atoms with Crippen molar-refractivity contribution in [3.8, 4) is 11.3 Å². The normalized spacial score (nSPS) is 21.9. The van der Waals surface area contributed by atoms with Crippen molar-refractivity contribution in [2.24, 2.45) is 0 Å². The zero-order valence-corrected chi connectivity index (χ0v) is 14.1. The molecule has 116 valence electrons. The van der Waals surface area contributed by atoms with E-state index in [0.717, 1.165) is 30.0 Å². The molecule has 1 N–H and O–H groups in total. The zero-order valence-electron chi connectivity index (χ0n) is 12.6. The molecule has 3 rings (SSSR count). The van der Waals surface area contributed by atoms with Gasteiger partial charge >= 0.3 is 0 Å². The molecule has 2 atom stereocenters. The summed E-state index contributed by atoms with van der Waals surface area (Å²) in [5, 5.41) is 4.75. The predicted molar refractivity (Wildman–Crippen MR) is 91.8 cm³/mol. The number of benzene rings is 1. The van der Waals surface area contributed by atoms with Crippen molar-refractivity contribution in [2.75, 3.05) is 18.0 Å². The van der Waals surface area contributed by atoms with Gasteiger partial charge in [-0.25, -0.2) is 9.97 Å². The molecule has 1 aliphatic rings. The van der Waals surface area contributed by atoms with E-state index in [1.54, 1.807) is 12.4 Å². The van der Waals surface area contributed by atoms with Gasteiger partial charge in [-0.05, 0) is 32.0 Å². The maximum Gasteiger partial charge on any atom is 0.116 e. The van der Waals surface area contributed by atoms with Crippen molar-refractivity contribution < 1.29 is 0 Å². The van der Waals surface area contributed by atoms with E-state index in [2.05, 4.69) is 34.0 Å². The molecule has 1 saturated heterocycles. The minimum atomic E-state index is 0.414. The maximum absolute atomic E-state index is 6.36. The Morgan fingerprint density at radius 1 is 1.18 bits per heavy atom. The Labute approximate surface area is 140 Å². The molecule has 0 bridgehead atoms. The minimum absolute atomic E-state index is 0.414. The van der Waals surface area contributed by atoms with Gasteiger partial charge in [-0.15, -0.1) is 0 Å². The van der Waals surface area contributed by atoms with Gasteiger partial charge in [0.1, 0.15) is 6.33 Å². The summed E-state index contributed by atoms with van der Waals surface area (Å²) in [5.41, 5.74) is 2.73. The van der Waals surface area contributed by atoms with Crippen LogP contribution in [0.5, 0.6) is 0 Å². The lowest BCUT2D eigenvalue weighted by atomic mass is 10.1. The Balaban J connectivity index is 2.03. The molecule has 0 spiro atoms. The number of anilines is 1. The molecular formula is C16H18Cl2N4. The van der Waals surface area contributed by atoms with E-state index < -0.39 is 0 Å². The third-order valence-corrected chi connectivity index (χ3v) is 4.33. The number of nitrogens with zero attached hydrogens (tertiary/aromatic N) is 3. The summed E-state index contributed by atoms with van der Waals surface area (Å²) < 4.78 is 0. The molecule has 2 heterocycles. The summed E-state index contributed by atoms with van der Waals surface area (Å²) in [6.07, 6.45) is 3.41. The van der Waals surface area contributed by atoms with E-state index in [1.165, 1.54) is 0 Å². The van der Waals surface area contributed by atoms with Crippen molar-refractivity contribution in [1.82, 2.24) is 15.3 Å². The molecule has 0 radical (unpaired) electrons. The van der Waals surface area contributed by atoms with Gasteiger partial charge in [0.05, 0.1) is 22.6 Å². The van der Waals surface area contributed by atoms with Crippen molar-refractivity contribution in [3.05, 3.63) is 40.8 Å². The smallest absolute Gasteiger partial charge is 0.116 e. The van der Waals surface area contributed by atoms with Crippen LogP contribution >= 0.6 is 23.2 Å². The molecule has 22 heavy (non-hydrogen) atoms. The van der Waals surface area contributed by atoms with Crippen molar-refractivity contribution in [3.63, 3.8) is 0 Å². The van der Waals surface area contributed by atoms with Crippen LogP contribution in [0, 0.1) is 0 Å². The topological polar surface area (TPSA) is 41.1 Å². The van der Waals surface area contributed by atoms with E-state index >= 15 is 0 Å². The van der Waals surface area contributed by atoms with Crippen LogP contribution in [0.2, 0.25) is 10.0 Å². The highest BCUT2D eigenvalue weighted by atomic mass is 35.5. The van der Waals surface area contributed by atoms with Gasteiger partial charge in [0.25, 0.3) is 0 Å². The summed E-state index contributed by atoms with van der Waals surface area (Å²) >= 11 is 12.4. The van der Waals surface area contributed by atoms with Gasteiger partial charge in [0, 0.05) is 35.8 Å². The fraction of sp³-hybridized carbons (Fsp3) is 0.375. The van der Waals surface area contributed by atoms with Gasteiger partial charge in [0.15, 0.2) is 0 Å². The monoisotopic (exact) mass is 336 g/mol. The highest BCUT2D eigenvalue weighted by molar-refractivity contribution is 6.36. The fourth-order valence-corrected chi connectivity index (χ4v) is 3.46. The number of nitrogens with one attached hydrogen (secondary N) is 1. The minimum Gasteiger partial charge on any atom is -0.365 e. The Morgan fingerprint density at radius 2 is 1.91 bits per heavy atom. The largest absolute Gasteiger partial charge is 0.365 e. The number of hydrogen-bond donors (Lipinski definition) is 1. The molecule has 1 aromatic heterocycles. The van der Waals surface area contributed by atoms with Gasteiger partial charge in [0.2, 0.25) is 0 Å². The molecule has 0 amide bonds. The van der Waals surface area contributed by atoms with Crippen LogP contribution in [0.3, 0.4) is 0 Å². The number of hydrogen-bond acceptors (Lipinski definition) is 4. The molecule has 0 aliphatic carbocycles. The van der Waals surface area contributed by atoms with E-state index in [-0.39, 0.29) is 0 Å². The van der Waals surface area contributed by atoms with Crippen molar-refractivity contribution in [1.29, 1.82) is 0 Å². The van der Waals surface area contributed by atoms with Crippen LogP contribution in [-0.4, -0.2) is 35.1 Å². The second kappa shape index (κ2) is 6.41. The van der Waals surface area contributed by atoms with E-state index in [0.29, 0.717) is 22.1 Å². The first-order valence-corrected chi connectivity index (χ1v) is 8.06. The Hall–Kier alpha value is -1.36. The third-order valence-electron chi connectivity index (χ3n) is 3.78. The van der Waals surface area contributed by atoms with E-state index in [4.69, 9.17) is 23.2 Å². The number of aromatic nitrogens is 2. The Bertz CT molecular complexity index is 667. The molecule has 4 nitrogen and oxygen atoms in total. The lowest BCUT2D eigenvalue weighted by Crippen LogP contribution is -2.54. The predicted octanol–water partition coefficient (Wildman–Crippen LogP) is 3.64. The molecule has 2 unspecified atom stereocenters. The van der Waals surface area contributed by atoms with Crippen LogP contribution in [0.4, 0.5) is 5.69 Å². The van der Waals surface area contributed by atoms with E-state index in [1.807, 2.05) is 18.3 Å². The zero-order chi connectivity index (χ0) is 15.7. The lowest BCUT2D eigenvalue weighted by Gasteiger charge is -2.38. The second-order valence-electron chi connectivity index (χ2n) is 5.75. The first-order chi connectivity index (χ1) is 10.5. The summed E-state index contributed by atoms with van der Waals surface area (Å²) in [5.74, 6) is 0. The molecule has 1 aromatic carbocycles. The maximum atomic E-state index is 6.36. The van der Waals surface area contributed by atoms with Crippen LogP contribution in [0.1, 0.15) is 13.8 Å². The average Bonchev–Trinajstić information content (AvgIpc) is 2.46. The lowest BCUT2D eigenvalue weighted by molar-refractivity contribution is 0.407. The fourth-order valence-electron chi connectivity index (χ4n) is 2.97. The van der Waals surface area contributed by atoms with E-state index in [9.17, 15) is 0 Å². The van der Waals surface area contributed by atoms with Gasteiger partial charge < -0.3 is 10.2 Å². The molecule has 0 saturated carbocycles. The van der Waals surface area contributed by atoms with Crippen molar-refractivity contribution >= 4 is 28.9 Å². The van der Waals surface area contributed by atoms with Crippen LogP contribution in [0.25, 0.3) is 11.3 Å². The molecular weight excluding hydrogens is 319 g/mol. The number of piperazine rings is 1. The molecule has 2 aromatic rings. The van der Waals surface area contributed by atoms with Gasteiger partial charge in [-0.3, -0.25) is 0 Å². The number of halogens is 2. The highest BCUT2D eigenvalue weighted by Crippen LogP contribution is 2.35. The first kappa shape index (κ1) is 15.5. The molecule has 1 fully saturated rings.